The van der Waals surface area contributed by atoms with E-state index in [9.17, 15) is 18.0 Å². The molecule has 0 rings (SSSR count). The number of aliphatic carboxylic acids is 1. The zero-order valence-electron chi connectivity index (χ0n) is 9.67. The Morgan fingerprint density at radius 1 is 1.31 bits per heavy atom. The van der Waals surface area contributed by atoms with Crippen LogP contribution in [0.3, 0.4) is 0 Å². The van der Waals surface area contributed by atoms with E-state index in [2.05, 4.69) is 0 Å². The molecule has 8 heteroatoms. The fourth-order valence-corrected chi connectivity index (χ4v) is 1.15. The van der Waals surface area contributed by atoms with Gasteiger partial charge in [0.25, 0.3) is 0 Å². The summed E-state index contributed by atoms with van der Waals surface area (Å²) in [7, 11) is -0.866. The van der Waals surface area contributed by atoms with Crippen LogP contribution in [0, 0.1) is 0 Å². The first kappa shape index (κ1) is 14.8. The number of carbonyl (C=O) groups excluding carboxylic acids is 1. The molecule has 0 fully saturated rings. The van der Waals surface area contributed by atoms with Crippen molar-refractivity contribution in [3.05, 3.63) is 0 Å². The van der Waals surface area contributed by atoms with Gasteiger partial charge in [-0.1, -0.05) is 0 Å². The summed E-state index contributed by atoms with van der Waals surface area (Å²) in [6.45, 7) is 0.980. The number of amides is 1. The van der Waals surface area contributed by atoms with Gasteiger partial charge in [-0.2, -0.15) is 4.31 Å². The van der Waals surface area contributed by atoms with Crippen molar-refractivity contribution in [2.24, 2.45) is 0 Å². The molecule has 0 heterocycles. The van der Waals surface area contributed by atoms with E-state index >= 15 is 0 Å². The molecule has 0 aliphatic rings. The number of carboxylic acid groups (broad SMARTS) is 1. The van der Waals surface area contributed by atoms with Crippen molar-refractivity contribution in [1.29, 1.82) is 0 Å². The van der Waals surface area contributed by atoms with Gasteiger partial charge in [-0.3, -0.25) is 4.79 Å². The highest BCUT2D eigenvalue weighted by Crippen LogP contribution is 2.00. The summed E-state index contributed by atoms with van der Waals surface area (Å²) in [5.41, 5.74) is 0. The van der Waals surface area contributed by atoms with Gasteiger partial charge in [-0.25, -0.2) is 13.2 Å². The average Bonchev–Trinajstić information content (AvgIpc) is 2.13. The normalized spacial score (nSPS) is 13.6. The molecule has 1 unspecified atom stereocenters. The van der Waals surface area contributed by atoms with Crippen LogP contribution in [0.15, 0.2) is 0 Å². The molecule has 16 heavy (non-hydrogen) atoms. The Kier molecular flexibility index (Phi) is 4.88. The first-order valence-corrected chi connectivity index (χ1v) is 6.32. The van der Waals surface area contributed by atoms with Gasteiger partial charge in [-0.05, 0) is 6.92 Å². The topological polar surface area (TPSA) is 95.0 Å². The predicted molar refractivity (Wildman–Crippen MR) is 57.3 cm³/mol. The van der Waals surface area contributed by atoms with Gasteiger partial charge in [-0.15, -0.1) is 0 Å². The van der Waals surface area contributed by atoms with Crippen molar-refractivity contribution >= 4 is 21.9 Å². The average molecular weight is 252 g/mol. The summed E-state index contributed by atoms with van der Waals surface area (Å²) < 4.78 is 22.9. The van der Waals surface area contributed by atoms with E-state index in [-0.39, 0.29) is 6.54 Å². The van der Waals surface area contributed by atoms with Crippen molar-refractivity contribution < 1.29 is 23.1 Å². The molecule has 7 nitrogen and oxygen atoms in total. The maximum Gasteiger partial charge on any atom is 0.326 e. The van der Waals surface area contributed by atoms with E-state index in [0.29, 0.717) is 0 Å². The first-order chi connectivity index (χ1) is 7.07. The number of sulfonamides is 1. The predicted octanol–water partition coefficient (Wildman–Crippen LogP) is -1.19. The Morgan fingerprint density at radius 3 is 2.06 bits per heavy atom. The standard InChI is InChI=1S/C8H16N2O5S/c1-6(8(12)13)10(3)7(11)5-9(2)16(4,14)15/h6H,5H2,1-4H3,(H,12,13). The number of rotatable bonds is 5. The van der Waals surface area contributed by atoms with Gasteiger partial charge in [0.1, 0.15) is 6.04 Å². The van der Waals surface area contributed by atoms with Crippen LogP contribution in [-0.2, 0) is 19.6 Å². The quantitative estimate of drug-likeness (QED) is 0.664. The molecule has 1 amide bonds. The molecule has 94 valence electrons. The highest BCUT2D eigenvalue weighted by Gasteiger charge is 2.24. The second-order valence-electron chi connectivity index (χ2n) is 3.54. The maximum atomic E-state index is 11.5. The summed E-state index contributed by atoms with van der Waals surface area (Å²) in [5.74, 6) is -1.71. The van der Waals surface area contributed by atoms with Crippen LogP contribution < -0.4 is 0 Å². The molecule has 0 aliphatic heterocycles. The van der Waals surface area contributed by atoms with Gasteiger partial charge in [0.15, 0.2) is 0 Å². The molecule has 0 aromatic rings. The Labute approximate surface area is 94.7 Å². The zero-order chi connectivity index (χ0) is 13.1. The minimum absolute atomic E-state index is 0.368. The summed E-state index contributed by atoms with van der Waals surface area (Å²) >= 11 is 0. The summed E-state index contributed by atoms with van der Waals surface area (Å²) in [6, 6.07) is -0.986. The zero-order valence-corrected chi connectivity index (χ0v) is 10.5. The molecule has 0 radical (unpaired) electrons. The molecule has 0 spiro atoms. The maximum absolute atomic E-state index is 11.5. The van der Waals surface area contributed by atoms with E-state index in [1.165, 1.54) is 21.0 Å². The van der Waals surface area contributed by atoms with Crippen LogP contribution in [0.1, 0.15) is 6.92 Å². The lowest BCUT2D eigenvalue weighted by Crippen LogP contribution is -2.45. The number of carboxylic acids is 1. The SMILES string of the molecule is CC(C(=O)O)N(C)C(=O)CN(C)S(C)(=O)=O. The Morgan fingerprint density at radius 2 is 1.75 bits per heavy atom. The minimum atomic E-state index is -3.44. The van der Waals surface area contributed by atoms with E-state index in [1.807, 2.05) is 0 Å². The molecule has 0 aromatic carbocycles. The number of nitrogens with zero attached hydrogens (tertiary/aromatic N) is 2. The van der Waals surface area contributed by atoms with Crippen molar-refractivity contribution in [2.45, 2.75) is 13.0 Å². The smallest absolute Gasteiger partial charge is 0.326 e. The monoisotopic (exact) mass is 252 g/mol. The van der Waals surface area contributed by atoms with E-state index in [4.69, 9.17) is 5.11 Å². The van der Waals surface area contributed by atoms with Gasteiger partial charge in [0, 0.05) is 14.1 Å². The third-order valence-electron chi connectivity index (χ3n) is 2.26. The highest BCUT2D eigenvalue weighted by atomic mass is 32.2. The van der Waals surface area contributed by atoms with Gasteiger partial charge >= 0.3 is 5.97 Å². The second-order valence-corrected chi connectivity index (χ2v) is 5.63. The highest BCUT2D eigenvalue weighted by molar-refractivity contribution is 7.88. The van der Waals surface area contributed by atoms with Crippen LogP contribution in [0.25, 0.3) is 0 Å². The number of carbonyl (C=O) groups is 2. The Hall–Kier alpha value is -1.15. The van der Waals surface area contributed by atoms with Crippen molar-refractivity contribution in [2.75, 3.05) is 26.9 Å². The van der Waals surface area contributed by atoms with Gasteiger partial charge in [0.05, 0.1) is 12.8 Å². The van der Waals surface area contributed by atoms with E-state index in [0.717, 1.165) is 15.5 Å². The molecule has 0 saturated carbocycles. The first-order valence-electron chi connectivity index (χ1n) is 4.47. The fraction of sp³-hybridized carbons (Fsp3) is 0.750. The molecular weight excluding hydrogens is 236 g/mol. The van der Waals surface area contributed by atoms with E-state index in [1.54, 1.807) is 0 Å². The summed E-state index contributed by atoms with van der Waals surface area (Å²) in [6.07, 6.45) is 0.973. The van der Waals surface area contributed by atoms with Crippen molar-refractivity contribution in [3.8, 4) is 0 Å². The Balaban J connectivity index is 4.55. The van der Waals surface area contributed by atoms with Gasteiger partial charge < -0.3 is 10.0 Å². The lowest BCUT2D eigenvalue weighted by Gasteiger charge is -2.23. The van der Waals surface area contributed by atoms with Gasteiger partial charge in [0.2, 0.25) is 15.9 Å². The lowest BCUT2D eigenvalue weighted by molar-refractivity contribution is -0.148. The molecule has 0 aliphatic carbocycles. The van der Waals surface area contributed by atoms with Crippen LogP contribution >= 0.6 is 0 Å². The van der Waals surface area contributed by atoms with Crippen molar-refractivity contribution in [1.82, 2.24) is 9.21 Å². The molecule has 0 aromatic heterocycles. The third kappa shape index (κ3) is 4.15. The fourth-order valence-electron chi connectivity index (χ4n) is 0.801. The Bertz CT molecular complexity index is 378. The summed E-state index contributed by atoms with van der Waals surface area (Å²) in [4.78, 5) is 23.1. The summed E-state index contributed by atoms with van der Waals surface area (Å²) in [5, 5.41) is 8.67. The third-order valence-corrected chi connectivity index (χ3v) is 3.52. The number of hydrogen-bond acceptors (Lipinski definition) is 4. The molecule has 1 N–H and O–H groups in total. The second kappa shape index (κ2) is 5.26. The largest absolute Gasteiger partial charge is 0.480 e. The minimum Gasteiger partial charge on any atom is -0.480 e. The lowest BCUT2D eigenvalue weighted by atomic mass is 10.3. The molecule has 1 atom stereocenters. The molecular formula is C8H16N2O5S. The molecule has 0 saturated heterocycles. The van der Waals surface area contributed by atoms with Crippen LogP contribution in [-0.4, -0.2) is 67.5 Å². The van der Waals surface area contributed by atoms with Crippen molar-refractivity contribution in [3.63, 3.8) is 0 Å². The molecule has 0 bridgehead atoms. The number of likely N-dealkylation sites (N-methyl/N-ethyl adjacent to an activating group) is 2. The van der Waals surface area contributed by atoms with Crippen LogP contribution in [0.4, 0.5) is 0 Å². The van der Waals surface area contributed by atoms with E-state index < -0.39 is 27.9 Å². The van der Waals surface area contributed by atoms with Crippen LogP contribution in [0.5, 0.6) is 0 Å². The van der Waals surface area contributed by atoms with Crippen LogP contribution in [0.2, 0.25) is 0 Å². The number of hydrogen-bond donors (Lipinski definition) is 1.